The summed E-state index contributed by atoms with van der Waals surface area (Å²) in [4.78, 5) is 12.2. The lowest BCUT2D eigenvalue weighted by atomic mass is 10.1. The maximum Gasteiger partial charge on any atom is 0.406 e. The van der Waals surface area contributed by atoms with Crippen molar-refractivity contribution in [3.8, 4) is 0 Å². The number of hydrogen-bond donors (Lipinski definition) is 1. The Kier molecular flexibility index (Phi) is 4.72. The third kappa shape index (κ3) is 4.75. The molecule has 0 spiro atoms. The van der Waals surface area contributed by atoms with Crippen molar-refractivity contribution in [2.45, 2.75) is 18.6 Å². The third-order valence-electron chi connectivity index (χ3n) is 2.41. The van der Waals surface area contributed by atoms with Gasteiger partial charge < -0.3 is 10.6 Å². The van der Waals surface area contributed by atoms with Crippen molar-refractivity contribution in [3.05, 3.63) is 35.9 Å². The van der Waals surface area contributed by atoms with E-state index in [0.717, 1.165) is 12.6 Å². The average molecular weight is 260 g/mol. The predicted octanol–water partition coefficient (Wildman–Crippen LogP) is 1.58. The maximum atomic E-state index is 12.1. The molecule has 1 amide bonds. The van der Waals surface area contributed by atoms with Gasteiger partial charge in [0.05, 0.1) is 6.04 Å². The largest absolute Gasteiger partial charge is 0.406 e. The fourth-order valence-corrected chi connectivity index (χ4v) is 1.59. The summed E-state index contributed by atoms with van der Waals surface area (Å²) in [5, 5.41) is 0. The summed E-state index contributed by atoms with van der Waals surface area (Å²) in [5.74, 6) is -0.712. The lowest BCUT2D eigenvalue weighted by Crippen LogP contribution is -2.46. The number of amides is 1. The molecule has 1 atom stereocenters. The Bertz CT molecular complexity index is 392. The van der Waals surface area contributed by atoms with E-state index in [1.54, 1.807) is 24.3 Å². The highest BCUT2D eigenvalue weighted by Crippen LogP contribution is 2.16. The first-order chi connectivity index (χ1) is 8.29. The Balaban J connectivity index is 2.56. The van der Waals surface area contributed by atoms with Gasteiger partial charge in [0.25, 0.3) is 0 Å². The summed E-state index contributed by atoms with van der Waals surface area (Å²) in [6.45, 7) is -1.28. The first-order valence-electron chi connectivity index (χ1n) is 5.41. The van der Waals surface area contributed by atoms with Crippen LogP contribution >= 0.6 is 0 Å². The van der Waals surface area contributed by atoms with Gasteiger partial charge in [-0.2, -0.15) is 13.2 Å². The summed E-state index contributed by atoms with van der Waals surface area (Å²) >= 11 is 0. The van der Waals surface area contributed by atoms with Crippen LogP contribution in [-0.4, -0.2) is 36.6 Å². The number of nitrogens with two attached hydrogens (primary N) is 1. The van der Waals surface area contributed by atoms with Crippen LogP contribution in [-0.2, 0) is 11.2 Å². The van der Waals surface area contributed by atoms with Gasteiger partial charge >= 0.3 is 6.18 Å². The third-order valence-corrected chi connectivity index (χ3v) is 2.41. The van der Waals surface area contributed by atoms with E-state index >= 15 is 0 Å². The molecule has 6 heteroatoms. The zero-order chi connectivity index (χ0) is 13.8. The molecule has 0 radical (unpaired) electrons. The second-order valence-corrected chi connectivity index (χ2v) is 4.11. The molecule has 0 heterocycles. The number of alkyl halides is 3. The van der Waals surface area contributed by atoms with E-state index in [1.807, 2.05) is 6.07 Å². The fraction of sp³-hybridized carbons (Fsp3) is 0.417. The van der Waals surface area contributed by atoms with Gasteiger partial charge in [0.1, 0.15) is 6.54 Å². The molecule has 0 aliphatic carbocycles. The van der Waals surface area contributed by atoms with Gasteiger partial charge in [-0.05, 0) is 12.0 Å². The van der Waals surface area contributed by atoms with E-state index in [9.17, 15) is 18.0 Å². The van der Waals surface area contributed by atoms with Crippen LogP contribution in [0.5, 0.6) is 0 Å². The quantitative estimate of drug-likeness (QED) is 0.893. The second-order valence-electron chi connectivity index (χ2n) is 4.11. The van der Waals surface area contributed by atoms with Gasteiger partial charge in [-0.3, -0.25) is 4.79 Å². The first-order valence-corrected chi connectivity index (χ1v) is 5.41. The molecule has 1 unspecified atom stereocenters. The van der Waals surface area contributed by atoms with Crippen LogP contribution in [0.15, 0.2) is 30.3 Å². The minimum atomic E-state index is -4.41. The summed E-state index contributed by atoms with van der Waals surface area (Å²) in [6, 6.07) is 7.97. The number of rotatable bonds is 4. The number of hydrogen-bond acceptors (Lipinski definition) is 2. The van der Waals surface area contributed by atoms with Crippen molar-refractivity contribution in [2.75, 3.05) is 13.6 Å². The van der Waals surface area contributed by atoms with Crippen LogP contribution < -0.4 is 5.73 Å². The molecule has 1 aromatic carbocycles. The minimum Gasteiger partial charge on any atom is -0.335 e. The highest BCUT2D eigenvalue weighted by Gasteiger charge is 2.32. The molecule has 100 valence electrons. The molecule has 1 aromatic rings. The number of carbonyl (C=O) groups is 1. The molecular weight excluding hydrogens is 245 g/mol. The standard InChI is InChI=1S/C12H15F3N2O/c1-17(8-12(13,14)15)11(18)10(16)7-9-5-3-2-4-6-9/h2-6,10H,7-8,16H2,1H3. The van der Waals surface area contributed by atoms with E-state index < -0.39 is 24.7 Å². The van der Waals surface area contributed by atoms with Gasteiger partial charge in [-0.15, -0.1) is 0 Å². The van der Waals surface area contributed by atoms with Crippen LogP contribution in [0.4, 0.5) is 13.2 Å². The van der Waals surface area contributed by atoms with Crippen LogP contribution in [0, 0.1) is 0 Å². The zero-order valence-electron chi connectivity index (χ0n) is 9.95. The number of halogens is 3. The molecule has 0 saturated carbocycles. The molecule has 0 fully saturated rings. The molecule has 0 saturated heterocycles. The van der Waals surface area contributed by atoms with Gasteiger partial charge in [-0.1, -0.05) is 30.3 Å². The minimum absolute atomic E-state index is 0.224. The Morgan fingerprint density at radius 1 is 1.33 bits per heavy atom. The van der Waals surface area contributed by atoms with Crippen LogP contribution in [0.25, 0.3) is 0 Å². The zero-order valence-corrected chi connectivity index (χ0v) is 9.95. The molecule has 18 heavy (non-hydrogen) atoms. The number of benzene rings is 1. The predicted molar refractivity (Wildman–Crippen MR) is 61.8 cm³/mol. The van der Waals surface area contributed by atoms with Crippen LogP contribution in [0.2, 0.25) is 0 Å². The Hall–Kier alpha value is -1.56. The first kappa shape index (κ1) is 14.5. The summed E-state index contributed by atoms with van der Waals surface area (Å²) in [6.07, 6.45) is -4.18. The maximum absolute atomic E-state index is 12.1. The van der Waals surface area contributed by atoms with Gasteiger partial charge in [0.15, 0.2) is 0 Å². The molecule has 1 rings (SSSR count). The number of likely N-dealkylation sites (N-methyl/N-ethyl adjacent to an activating group) is 1. The van der Waals surface area contributed by atoms with Crippen LogP contribution in [0.1, 0.15) is 5.56 Å². The Labute approximate surface area is 103 Å². The molecule has 0 bridgehead atoms. The monoisotopic (exact) mass is 260 g/mol. The van der Waals surface area contributed by atoms with E-state index in [1.165, 1.54) is 0 Å². The number of carbonyl (C=O) groups excluding carboxylic acids is 1. The van der Waals surface area contributed by atoms with E-state index in [2.05, 4.69) is 0 Å². The molecular formula is C12H15F3N2O. The normalized spacial score (nSPS) is 13.2. The summed E-state index contributed by atoms with van der Waals surface area (Å²) in [7, 11) is 1.10. The lowest BCUT2D eigenvalue weighted by molar-refractivity contribution is -0.159. The smallest absolute Gasteiger partial charge is 0.335 e. The highest BCUT2D eigenvalue weighted by molar-refractivity contribution is 5.81. The fourth-order valence-electron chi connectivity index (χ4n) is 1.59. The van der Waals surface area contributed by atoms with Crippen LogP contribution in [0.3, 0.4) is 0 Å². The van der Waals surface area contributed by atoms with Gasteiger partial charge in [0.2, 0.25) is 5.91 Å². The van der Waals surface area contributed by atoms with Crippen molar-refractivity contribution in [1.82, 2.24) is 4.90 Å². The number of nitrogens with zero attached hydrogens (tertiary/aromatic N) is 1. The van der Waals surface area contributed by atoms with E-state index in [4.69, 9.17) is 5.73 Å². The topological polar surface area (TPSA) is 46.3 Å². The highest BCUT2D eigenvalue weighted by atomic mass is 19.4. The van der Waals surface area contributed by atoms with Crippen molar-refractivity contribution in [2.24, 2.45) is 5.73 Å². The van der Waals surface area contributed by atoms with Crippen molar-refractivity contribution in [3.63, 3.8) is 0 Å². The molecule has 3 nitrogen and oxygen atoms in total. The van der Waals surface area contributed by atoms with Gasteiger partial charge in [-0.25, -0.2) is 0 Å². The Morgan fingerprint density at radius 3 is 2.39 bits per heavy atom. The van der Waals surface area contributed by atoms with Gasteiger partial charge in [0, 0.05) is 7.05 Å². The van der Waals surface area contributed by atoms with Crippen molar-refractivity contribution < 1.29 is 18.0 Å². The second kappa shape index (κ2) is 5.86. The van der Waals surface area contributed by atoms with Crippen molar-refractivity contribution >= 4 is 5.91 Å². The van der Waals surface area contributed by atoms with Crippen molar-refractivity contribution in [1.29, 1.82) is 0 Å². The summed E-state index contributed by atoms with van der Waals surface area (Å²) in [5.41, 5.74) is 6.43. The lowest BCUT2D eigenvalue weighted by Gasteiger charge is -2.22. The van der Waals surface area contributed by atoms with E-state index in [-0.39, 0.29) is 6.42 Å². The molecule has 2 N–H and O–H groups in total. The van der Waals surface area contributed by atoms with E-state index in [0.29, 0.717) is 4.90 Å². The SMILES string of the molecule is CN(CC(F)(F)F)C(=O)C(N)Cc1ccccc1. The molecule has 0 aromatic heterocycles. The summed E-state index contributed by atoms with van der Waals surface area (Å²) < 4.78 is 36.4. The average Bonchev–Trinajstić information content (AvgIpc) is 2.27. The molecule has 0 aliphatic heterocycles. The Morgan fingerprint density at radius 2 is 1.89 bits per heavy atom. The molecule has 0 aliphatic rings.